The summed E-state index contributed by atoms with van der Waals surface area (Å²) in [6.07, 6.45) is 6.81. The lowest BCUT2D eigenvalue weighted by atomic mass is 10.1. The summed E-state index contributed by atoms with van der Waals surface area (Å²) >= 11 is 1.44. The van der Waals surface area contributed by atoms with E-state index in [0.29, 0.717) is 23.8 Å². The van der Waals surface area contributed by atoms with Gasteiger partial charge in [0.15, 0.2) is 0 Å². The van der Waals surface area contributed by atoms with E-state index >= 15 is 0 Å². The maximum absolute atomic E-state index is 11.3. The fraction of sp³-hybridized carbons (Fsp3) is 0.500. The maximum Gasteiger partial charge on any atom is 0.340 e. The Morgan fingerprint density at radius 2 is 2.17 bits per heavy atom. The van der Waals surface area contributed by atoms with Crippen molar-refractivity contribution in [3.63, 3.8) is 0 Å². The molecule has 3 nitrogen and oxygen atoms in total. The third-order valence-electron chi connectivity index (χ3n) is 3.37. The number of ether oxygens (including phenoxy) is 1. The molecule has 0 spiro atoms. The standard InChI is InChI=1S/C14H18O3S/c1-18-12-8-4-7-11(13(12)14(15)16)17-9-10-5-2-3-6-10/h4,7-8,10H,2-3,5-6,9H2,1H3,(H,15,16). The Bertz CT molecular complexity index is 425. The number of rotatable bonds is 5. The highest BCUT2D eigenvalue weighted by atomic mass is 32.2. The molecule has 2 rings (SSSR count). The van der Waals surface area contributed by atoms with E-state index in [1.54, 1.807) is 6.07 Å². The van der Waals surface area contributed by atoms with Crippen LogP contribution in [0.1, 0.15) is 36.0 Å². The van der Waals surface area contributed by atoms with Crippen LogP contribution in [0.3, 0.4) is 0 Å². The van der Waals surface area contributed by atoms with E-state index in [-0.39, 0.29) is 0 Å². The summed E-state index contributed by atoms with van der Waals surface area (Å²) < 4.78 is 5.73. The quantitative estimate of drug-likeness (QED) is 0.826. The molecule has 1 aromatic carbocycles. The molecule has 0 amide bonds. The smallest absolute Gasteiger partial charge is 0.340 e. The molecule has 1 aromatic rings. The Hall–Kier alpha value is -1.16. The number of thioether (sulfide) groups is 1. The summed E-state index contributed by atoms with van der Waals surface area (Å²) in [7, 11) is 0. The molecule has 1 aliphatic carbocycles. The summed E-state index contributed by atoms with van der Waals surface area (Å²) in [5.74, 6) is 0.173. The van der Waals surface area contributed by atoms with Crippen molar-refractivity contribution in [3.05, 3.63) is 23.8 Å². The zero-order valence-electron chi connectivity index (χ0n) is 10.5. The first-order chi connectivity index (χ1) is 8.72. The Morgan fingerprint density at radius 1 is 1.44 bits per heavy atom. The third kappa shape index (κ3) is 2.99. The summed E-state index contributed by atoms with van der Waals surface area (Å²) in [6, 6.07) is 5.41. The van der Waals surface area contributed by atoms with E-state index in [2.05, 4.69) is 0 Å². The average Bonchev–Trinajstić information content (AvgIpc) is 2.88. The van der Waals surface area contributed by atoms with E-state index in [1.807, 2.05) is 18.4 Å². The Balaban J connectivity index is 2.13. The van der Waals surface area contributed by atoms with Crippen molar-refractivity contribution in [1.82, 2.24) is 0 Å². The topological polar surface area (TPSA) is 46.5 Å². The minimum absolute atomic E-state index is 0.294. The zero-order chi connectivity index (χ0) is 13.0. The molecule has 1 N–H and O–H groups in total. The average molecular weight is 266 g/mol. The lowest BCUT2D eigenvalue weighted by Crippen LogP contribution is -2.11. The molecule has 18 heavy (non-hydrogen) atoms. The zero-order valence-corrected chi connectivity index (χ0v) is 11.3. The maximum atomic E-state index is 11.3. The van der Waals surface area contributed by atoms with Gasteiger partial charge in [-0.1, -0.05) is 18.9 Å². The second-order valence-electron chi connectivity index (χ2n) is 4.60. The number of aromatic carboxylic acids is 1. The molecule has 0 atom stereocenters. The van der Waals surface area contributed by atoms with Gasteiger partial charge in [-0.25, -0.2) is 4.79 Å². The van der Waals surface area contributed by atoms with Crippen molar-refractivity contribution >= 4 is 17.7 Å². The van der Waals surface area contributed by atoms with Gasteiger partial charge >= 0.3 is 5.97 Å². The Morgan fingerprint density at radius 3 is 2.78 bits per heavy atom. The van der Waals surface area contributed by atoms with E-state index in [0.717, 1.165) is 4.90 Å². The van der Waals surface area contributed by atoms with Gasteiger partial charge in [-0.15, -0.1) is 11.8 Å². The molecule has 0 bridgehead atoms. The van der Waals surface area contributed by atoms with Crippen molar-refractivity contribution in [2.75, 3.05) is 12.9 Å². The van der Waals surface area contributed by atoms with Crippen LogP contribution in [-0.4, -0.2) is 23.9 Å². The van der Waals surface area contributed by atoms with Crippen LogP contribution >= 0.6 is 11.8 Å². The molecule has 1 saturated carbocycles. The first kappa shape index (κ1) is 13.3. The number of carbonyl (C=O) groups is 1. The molecule has 1 aliphatic rings. The van der Waals surface area contributed by atoms with Gasteiger partial charge in [0, 0.05) is 4.90 Å². The van der Waals surface area contributed by atoms with Gasteiger partial charge in [0.2, 0.25) is 0 Å². The summed E-state index contributed by atoms with van der Waals surface area (Å²) in [6.45, 7) is 0.637. The monoisotopic (exact) mass is 266 g/mol. The SMILES string of the molecule is CSc1cccc(OCC2CCCC2)c1C(=O)O. The lowest BCUT2D eigenvalue weighted by molar-refractivity contribution is 0.0687. The molecule has 0 saturated heterocycles. The predicted octanol–water partition coefficient (Wildman–Crippen LogP) is 3.68. The number of carboxylic acids is 1. The van der Waals surface area contributed by atoms with Gasteiger partial charge in [-0.05, 0) is 37.1 Å². The van der Waals surface area contributed by atoms with Gasteiger partial charge in [0.25, 0.3) is 0 Å². The number of hydrogen-bond acceptors (Lipinski definition) is 3. The van der Waals surface area contributed by atoms with Crippen molar-refractivity contribution in [1.29, 1.82) is 0 Å². The second-order valence-corrected chi connectivity index (χ2v) is 5.45. The summed E-state index contributed by atoms with van der Waals surface area (Å²) in [5, 5.41) is 9.28. The van der Waals surface area contributed by atoms with Gasteiger partial charge in [0.05, 0.1) is 6.61 Å². The third-order valence-corrected chi connectivity index (χ3v) is 4.15. The van der Waals surface area contributed by atoms with E-state index in [9.17, 15) is 9.90 Å². The van der Waals surface area contributed by atoms with Crippen LogP contribution in [0.2, 0.25) is 0 Å². The molecule has 98 valence electrons. The van der Waals surface area contributed by atoms with Crippen LogP contribution in [-0.2, 0) is 0 Å². The van der Waals surface area contributed by atoms with Crippen LogP contribution in [0.4, 0.5) is 0 Å². The molecular weight excluding hydrogens is 248 g/mol. The first-order valence-electron chi connectivity index (χ1n) is 6.25. The normalized spacial score (nSPS) is 15.8. The highest BCUT2D eigenvalue weighted by Gasteiger charge is 2.19. The van der Waals surface area contributed by atoms with Crippen molar-refractivity contribution in [2.24, 2.45) is 5.92 Å². The predicted molar refractivity (Wildman–Crippen MR) is 72.6 cm³/mol. The van der Waals surface area contributed by atoms with Gasteiger partial charge in [0.1, 0.15) is 11.3 Å². The molecule has 0 heterocycles. The molecular formula is C14H18O3S. The Labute approximate surface area is 112 Å². The number of carboxylic acid groups (broad SMARTS) is 1. The van der Waals surface area contributed by atoms with Crippen molar-refractivity contribution < 1.29 is 14.6 Å². The fourth-order valence-corrected chi connectivity index (χ4v) is 3.00. The lowest BCUT2D eigenvalue weighted by Gasteiger charge is -2.14. The van der Waals surface area contributed by atoms with E-state index < -0.39 is 5.97 Å². The van der Waals surface area contributed by atoms with Gasteiger partial charge in [-0.3, -0.25) is 0 Å². The van der Waals surface area contributed by atoms with E-state index in [1.165, 1.54) is 37.4 Å². The van der Waals surface area contributed by atoms with Crippen LogP contribution in [0.15, 0.2) is 23.1 Å². The second kappa shape index (κ2) is 6.14. The van der Waals surface area contributed by atoms with Crippen LogP contribution in [0, 0.1) is 5.92 Å². The fourth-order valence-electron chi connectivity index (χ4n) is 2.40. The molecule has 0 unspecified atom stereocenters. The van der Waals surface area contributed by atoms with Crippen LogP contribution in [0.5, 0.6) is 5.75 Å². The van der Waals surface area contributed by atoms with Gasteiger partial charge in [-0.2, -0.15) is 0 Å². The molecule has 4 heteroatoms. The minimum atomic E-state index is -0.915. The highest BCUT2D eigenvalue weighted by Crippen LogP contribution is 2.31. The van der Waals surface area contributed by atoms with Crippen LogP contribution in [0.25, 0.3) is 0 Å². The largest absolute Gasteiger partial charge is 0.492 e. The highest BCUT2D eigenvalue weighted by molar-refractivity contribution is 7.98. The Kier molecular flexibility index (Phi) is 4.53. The minimum Gasteiger partial charge on any atom is -0.492 e. The number of hydrogen-bond donors (Lipinski definition) is 1. The van der Waals surface area contributed by atoms with Crippen LogP contribution < -0.4 is 4.74 Å². The first-order valence-corrected chi connectivity index (χ1v) is 7.48. The van der Waals surface area contributed by atoms with Crippen molar-refractivity contribution in [2.45, 2.75) is 30.6 Å². The molecule has 0 radical (unpaired) electrons. The number of benzene rings is 1. The summed E-state index contributed by atoms with van der Waals surface area (Å²) in [5.41, 5.74) is 0.294. The molecule has 1 fully saturated rings. The molecule has 0 aromatic heterocycles. The van der Waals surface area contributed by atoms with E-state index in [4.69, 9.17) is 4.74 Å². The molecule has 0 aliphatic heterocycles. The van der Waals surface area contributed by atoms with Crippen molar-refractivity contribution in [3.8, 4) is 5.75 Å². The summed E-state index contributed by atoms with van der Waals surface area (Å²) in [4.78, 5) is 12.1. The van der Waals surface area contributed by atoms with Gasteiger partial charge < -0.3 is 9.84 Å².